The lowest BCUT2D eigenvalue weighted by Crippen LogP contribution is -2.40. The summed E-state index contributed by atoms with van der Waals surface area (Å²) in [4.78, 5) is 7.25. The second kappa shape index (κ2) is 13.3. The lowest BCUT2D eigenvalue weighted by atomic mass is 10.1. The summed E-state index contributed by atoms with van der Waals surface area (Å²) in [6.07, 6.45) is 3.71. The first-order valence-corrected chi connectivity index (χ1v) is 10.8. The Kier molecular flexibility index (Phi) is 11.1. The van der Waals surface area contributed by atoms with E-state index in [2.05, 4.69) is 47.6 Å². The summed E-state index contributed by atoms with van der Waals surface area (Å²) in [5, 5.41) is 6.81. The summed E-state index contributed by atoms with van der Waals surface area (Å²) in [5.74, 6) is 2.61. The van der Waals surface area contributed by atoms with E-state index in [1.807, 2.05) is 0 Å². The van der Waals surface area contributed by atoms with Crippen molar-refractivity contribution in [3.8, 4) is 5.75 Å². The average Bonchev–Trinajstić information content (AvgIpc) is 3.54. The van der Waals surface area contributed by atoms with Crippen molar-refractivity contribution in [1.29, 1.82) is 0 Å². The van der Waals surface area contributed by atoms with Crippen molar-refractivity contribution >= 4 is 29.9 Å². The zero-order chi connectivity index (χ0) is 19.6. The summed E-state index contributed by atoms with van der Waals surface area (Å²) in [5.41, 5.74) is 2.38. The summed E-state index contributed by atoms with van der Waals surface area (Å²) in [6.45, 7) is 12.4. The van der Waals surface area contributed by atoms with Crippen molar-refractivity contribution in [1.82, 2.24) is 15.5 Å². The number of aryl methyl sites for hydroxylation is 1. The minimum Gasteiger partial charge on any atom is -0.493 e. The number of aliphatic imine (C=N–C) groups is 1. The normalized spacial score (nSPS) is 17.5. The Morgan fingerprint density at radius 1 is 1.24 bits per heavy atom. The van der Waals surface area contributed by atoms with E-state index in [4.69, 9.17) is 14.5 Å². The van der Waals surface area contributed by atoms with E-state index in [1.54, 1.807) is 0 Å². The van der Waals surface area contributed by atoms with Crippen LogP contribution in [0.3, 0.4) is 0 Å². The molecule has 0 amide bonds. The van der Waals surface area contributed by atoms with Crippen molar-refractivity contribution in [2.24, 2.45) is 10.9 Å². The fourth-order valence-corrected chi connectivity index (χ4v) is 3.26. The molecule has 1 saturated heterocycles. The Morgan fingerprint density at radius 3 is 2.76 bits per heavy atom. The van der Waals surface area contributed by atoms with Gasteiger partial charge in [0.1, 0.15) is 5.75 Å². The third-order valence-electron chi connectivity index (χ3n) is 5.19. The van der Waals surface area contributed by atoms with Crippen molar-refractivity contribution < 1.29 is 9.47 Å². The molecule has 2 aliphatic rings. The van der Waals surface area contributed by atoms with E-state index in [0.717, 1.165) is 82.2 Å². The van der Waals surface area contributed by atoms with Crippen molar-refractivity contribution in [2.75, 3.05) is 52.5 Å². The number of hydrogen-bond donors (Lipinski definition) is 2. The van der Waals surface area contributed by atoms with E-state index < -0.39 is 0 Å². The molecule has 164 valence electrons. The lowest BCUT2D eigenvalue weighted by molar-refractivity contribution is 0.0376. The highest BCUT2D eigenvalue weighted by Gasteiger charge is 2.22. The van der Waals surface area contributed by atoms with Crippen molar-refractivity contribution in [3.63, 3.8) is 0 Å². The number of halogens is 1. The maximum Gasteiger partial charge on any atom is 0.191 e. The zero-order valence-electron chi connectivity index (χ0n) is 17.9. The quantitative estimate of drug-likeness (QED) is 0.217. The van der Waals surface area contributed by atoms with Crippen LogP contribution in [0.25, 0.3) is 0 Å². The largest absolute Gasteiger partial charge is 0.493 e. The Hall–Kier alpha value is -1.06. The SMILES string of the molecule is CCNC(=NCc1ccc(C)cc1OCC1CC1)NCCCN1CCOCC1.I. The number of ether oxygens (including phenoxy) is 2. The minimum absolute atomic E-state index is 0. The fraction of sp³-hybridized carbons (Fsp3) is 0.682. The van der Waals surface area contributed by atoms with E-state index >= 15 is 0 Å². The fourth-order valence-electron chi connectivity index (χ4n) is 3.26. The molecule has 1 aliphatic carbocycles. The molecule has 1 aromatic rings. The molecule has 2 N–H and O–H groups in total. The van der Waals surface area contributed by atoms with Gasteiger partial charge in [-0.15, -0.1) is 24.0 Å². The van der Waals surface area contributed by atoms with Crippen LogP contribution in [0, 0.1) is 12.8 Å². The van der Waals surface area contributed by atoms with Gasteiger partial charge in [-0.3, -0.25) is 4.90 Å². The Bertz CT molecular complexity index is 631. The maximum absolute atomic E-state index is 6.07. The summed E-state index contributed by atoms with van der Waals surface area (Å²) in [6, 6.07) is 6.41. The second-order valence-corrected chi connectivity index (χ2v) is 7.80. The molecule has 0 atom stereocenters. The number of guanidine groups is 1. The van der Waals surface area contributed by atoms with Gasteiger partial charge < -0.3 is 20.1 Å². The van der Waals surface area contributed by atoms with Gasteiger partial charge in [-0.05, 0) is 57.2 Å². The Labute approximate surface area is 192 Å². The van der Waals surface area contributed by atoms with E-state index in [1.165, 1.54) is 18.4 Å². The Morgan fingerprint density at radius 2 is 2.03 bits per heavy atom. The molecule has 0 aromatic heterocycles. The molecule has 29 heavy (non-hydrogen) atoms. The van der Waals surface area contributed by atoms with Gasteiger partial charge in [0, 0.05) is 31.7 Å². The van der Waals surface area contributed by atoms with Gasteiger partial charge in [0.25, 0.3) is 0 Å². The highest BCUT2D eigenvalue weighted by Crippen LogP contribution is 2.30. The molecule has 0 bridgehead atoms. The smallest absolute Gasteiger partial charge is 0.191 e. The van der Waals surface area contributed by atoms with Crippen LogP contribution >= 0.6 is 24.0 Å². The maximum atomic E-state index is 6.07. The molecule has 7 heteroatoms. The van der Waals surface area contributed by atoms with Gasteiger partial charge in [0.15, 0.2) is 5.96 Å². The summed E-state index contributed by atoms with van der Waals surface area (Å²) in [7, 11) is 0. The number of morpholine rings is 1. The molecule has 3 rings (SSSR count). The topological polar surface area (TPSA) is 58.1 Å². The second-order valence-electron chi connectivity index (χ2n) is 7.80. The molecular formula is C22H37IN4O2. The van der Waals surface area contributed by atoms with Crippen LogP contribution in [0.15, 0.2) is 23.2 Å². The molecule has 1 heterocycles. The average molecular weight is 516 g/mol. The molecule has 6 nitrogen and oxygen atoms in total. The predicted octanol–water partition coefficient (Wildman–Crippen LogP) is 3.18. The summed E-state index contributed by atoms with van der Waals surface area (Å²) < 4.78 is 11.5. The molecular weight excluding hydrogens is 479 g/mol. The van der Waals surface area contributed by atoms with Crippen LogP contribution in [0.1, 0.15) is 37.3 Å². The molecule has 1 saturated carbocycles. The standard InChI is InChI=1S/C22H36N4O2.HI/c1-3-23-22(24-9-4-10-26-11-13-27-14-12-26)25-16-20-8-5-18(2)15-21(20)28-17-19-6-7-19;/h5,8,15,19H,3-4,6-7,9-14,16-17H2,1-2H3,(H2,23,24,25);1H. The van der Waals surface area contributed by atoms with Gasteiger partial charge in [0.2, 0.25) is 0 Å². The van der Waals surface area contributed by atoms with Crippen LogP contribution in [-0.2, 0) is 11.3 Å². The highest BCUT2D eigenvalue weighted by molar-refractivity contribution is 14.0. The monoisotopic (exact) mass is 516 g/mol. The number of hydrogen-bond acceptors (Lipinski definition) is 4. The zero-order valence-corrected chi connectivity index (χ0v) is 20.2. The van der Waals surface area contributed by atoms with Crippen molar-refractivity contribution in [3.05, 3.63) is 29.3 Å². The third-order valence-corrected chi connectivity index (χ3v) is 5.19. The van der Waals surface area contributed by atoms with Crippen LogP contribution in [0.4, 0.5) is 0 Å². The van der Waals surface area contributed by atoms with Crippen LogP contribution in [0.5, 0.6) is 5.75 Å². The number of nitrogens with one attached hydrogen (secondary N) is 2. The first-order valence-electron chi connectivity index (χ1n) is 10.8. The first kappa shape index (κ1) is 24.2. The van der Waals surface area contributed by atoms with Gasteiger partial charge in [-0.25, -0.2) is 4.99 Å². The van der Waals surface area contributed by atoms with Gasteiger partial charge in [-0.2, -0.15) is 0 Å². The summed E-state index contributed by atoms with van der Waals surface area (Å²) >= 11 is 0. The number of rotatable bonds is 10. The molecule has 1 aliphatic heterocycles. The van der Waals surface area contributed by atoms with E-state index in [9.17, 15) is 0 Å². The van der Waals surface area contributed by atoms with Gasteiger partial charge in [-0.1, -0.05) is 12.1 Å². The molecule has 2 fully saturated rings. The van der Waals surface area contributed by atoms with E-state index in [-0.39, 0.29) is 24.0 Å². The predicted molar refractivity (Wildman–Crippen MR) is 130 cm³/mol. The molecule has 0 spiro atoms. The third kappa shape index (κ3) is 9.09. The lowest BCUT2D eigenvalue weighted by Gasteiger charge is -2.26. The van der Waals surface area contributed by atoms with Crippen LogP contribution < -0.4 is 15.4 Å². The number of nitrogens with zero attached hydrogens (tertiary/aromatic N) is 2. The van der Waals surface area contributed by atoms with Crippen LogP contribution in [0.2, 0.25) is 0 Å². The van der Waals surface area contributed by atoms with E-state index in [0.29, 0.717) is 6.54 Å². The Balaban J connectivity index is 0.00000300. The van der Waals surface area contributed by atoms with Gasteiger partial charge >= 0.3 is 0 Å². The molecule has 0 radical (unpaired) electrons. The number of benzene rings is 1. The van der Waals surface area contributed by atoms with Crippen LogP contribution in [-0.4, -0.2) is 63.4 Å². The molecule has 0 unspecified atom stereocenters. The van der Waals surface area contributed by atoms with Crippen molar-refractivity contribution in [2.45, 2.75) is 39.7 Å². The highest BCUT2D eigenvalue weighted by atomic mass is 127. The van der Waals surface area contributed by atoms with Gasteiger partial charge in [0.05, 0.1) is 26.4 Å². The minimum atomic E-state index is 0. The first-order chi connectivity index (χ1) is 13.7. The molecule has 1 aromatic carbocycles.